The Morgan fingerprint density at radius 1 is 1.56 bits per heavy atom. The van der Waals surface area contributed by atoms with Gasteiger partial charge >= 0.3 is 5.97 Å². The average Bonchev–Trinajstić information content (AvgIpc) is 2.76. The third-order valence-corrected chi connectivity index (χ3v) is 3.64. The summed E-state index contributed by atoms with van der Waals surface area (Å²) in [6.07, 6.45) is 3.34. The zero-order valence-corrected chi connectivity index (χ0v) is 10.5. The minimum atomic E-state index is -0.989. The molecule has 1 saturated heterocycles. The van der Waals surface area contributed by atoms with Crippen molar-refractivity contribution in [3.8, 4) is 0 Å². The second-order valence-corrected chi connectivity index (χ2v) is 4.78. The fraction of sp³-hybridized carbons (Fsp3) is 0.500. The Labute approximate surface area is 106 Å². The van der Waals surface area contributed by atoms with Crippen LogP contribution in [0.4, 0.5) is 4.39 Å². The van der Waals surface area contributed by atoms with E-state index in [1.165, 1.54) is 18.2 Å². The molecule has 1 aromatic carbocycles. The molecule has 1 heterocycles. The average molecular weight is 251 g/mol. The Hall–Kier alpha value is -1.42. The number of benzene rings is 1. The molecule has 1 atom stereocenters. The predicted molar refractivity (Wildman–Crippen MR) is 67.1 cm³/mol. The molecule has 0 saturated carbocycles. The smallest absolute Gasteiger partial charge is 0.336 e. The molecule has 4 heteroatoms. The van der Waals surface area contributed by atoms with E-state index < -0.39 is 5.97 Å². The number of rotatable bonds is 4. The first kappa shape index (κ1) is 13.0. The Morgan fingerprint density at radius 2 is 2.33 bits per heavy atom. The Bertz CT molecular complexity index is 447. The van der Waals surface area contributed by atoms with Crippen LogP contribution in [0.3, 0.4) is 0 Å². The molecule has 1 aliphatic rings. The topological polar surface area (TPSA) is 40.5 Å². The first-order valence-corrected chi connectivity index (χ1v) is 6.37. The number of aromatic carboxylic acids is 1. The normalized spacial score (nSPS) is 20.2. The largest absolute Gasteiger partial charge is 0.478 e. The SMILES string of the molecule is CCC1CCCN1Cc1cc(F)ccc1C(=O)O. The second-order valence-electron chi connectivity index (χ2n) is 4.78. The van der Waals surface area contributed by atoms with Crippen LogP contribution in [0.15, 0.2) is 18.2 Å². The van der Waals surface area contributed by atoms with Crippen LogP contribution in [0.25, 0.3) is 0 Å². The number of carbonyl (C=O) groups is 1. The van der Waals surface area contributed by atoms with Crippen molar-refractivity contribution < 1.29 is 14.3 Å². The van der Waals surface area contributed by atoms with Crippen molar-refractivity contribution in [2.24, 2.45) is 0 Å². The molecule has 0 bridgehead atoms. The molecule has 1 unspecified atom stereocenters. The second kappa shape index (κ2) is 5.48. The molecule has 0 radical (unpaired) electrons. The highest BCUT2D eigenvalue weighted by molar-refractivity contribution is 5.89. The van der Waals surface area contributed by atoms with Crippen LogP contribution in [0.5, 0.6) is 0 Å². The van der Waals surface area contributed by atoms with Crippen molar-refractivity contribution in [1.82, 2.24) is 4.90 Å². The van der Waals surface area contributed by atoms with Gasteiger partial charge in [0.2, 0.25) is 0 Å². The monoisotopic (exact) mass is 251 g/mol. The van der Waals surface area contributed by atoms with Crippen LogP contribution < -0.4 is 0 Å². The van der Waals surface area contributed by atoms with Gasteiger partial charge in [0, 0.05) is 12.6 Å². The molecule has 98 valence electrons. The molecule has 0 aromatic heterocycles. The Balaban J connectivity index is 2.22. The standard InChI is InChI=1S/C14H18FNO2/c1-2-12-4-3-7-16(12)9-10-8-11(15)5-6-13(10)14(17)18/h5-6,8,12H,2-4,7,9H2,1H3,(H,17,18). The summed E-state index contributed by atoms with van der Waals surface area (Å²) >= 11 is 0. The van der Waals surface area contributed by atoms with E-state index in [0.717, 1.165) is 25.8 Å². The van der Waals surface area contributed by atoms with Crippen molar-refractivity contribution in [2.75, 3.05) is 6.54 Å². The zero-order chi connectivity index (χ0) is 13.1. The van der Waals surface area contributed by atoms with Gasteiger partial charge in [-0.2, -0.15) is 0 Å². The van der Waals surface area contributed by atoms with Crippen LogP contribution in [-0.2, 0) is 6.54 Å². The Kier molecular flexibility index (Phi) is 3.97. The van der Waals surface area contributed by atoms with Crippen LogP contribution in [-0.4, -0.2) is 28.6 Å². The van der Waals surface area contributed by atoms with Crippen molar-refractivity contribution in [3.05, 3.63) is 35.1 Å². The number of hydrogen-bond acceptors (Lipinski definition) is 2. The summed E-state index contributed by atoms with van der Waals surface area (Å²) in [7, 11) is 0. The van der Waals surface area contributed by atoms with Gasteiger partial charge < -0.3 is 5.11 Å². The molecule has 0 spiro atoms. The molecular formula is C14H18FNO2. The lowest BCUT2D eigenvalue weighted by Crippen LogP contribution is -2.29. The van der Waals surface area contributed by atoms with E-state index in [0.29, 0.717) is 18.2 Å². The van der Waals surface area contributed by atoms with E-state index in [-0.39, 0.29) is 11.4 Å². The molecule has 1 aromatic rings. The van der Waals surface area contributed by atoms with Crippen molar-refractivity contribution in [3.63, 3.8) is 0 Å². The van der Waals surface area contributed by atoms with Crippen molar-refractivity contribution >= 4 is 5.97 Å². The zero-order valence-electron chi connectivity index (χ0n) is 10.5. The maximum Gasteiger partial charge on any atom is 0.336 e. The van der Waals surface area contributed by atoms with Crippen molar-refractivity contribution in [1.29, 1.82) is 0 Å². The van der Waals surface area contributed by atoms with Gasteiger partial charge in [0.1, 0.15) is 5.82 Å². The van der Waals surface area contributed by atoms with Gasteiger partial charge in [-0.05, 0) is 49.6 Å². The summed E-state index contributed by atoms with van der Waals surface area (Å²) in [5.74, 6) is -1.36. The third-order valence-electron chi connectivity index (χ3n) is 3.64. The van der Waals surface area contributed by atoms with Gasteiger partial charge in [0.05, 0.1) is 5.56 Å². The van der Waals surface area contributed by atoms with E-state index in [2.05, 4.69) is 11.8 Å². The first-order valence-electron chi connectivity index (χ1n) is 6.37. The molecule has 0 aliphatic carbocycles. The summed E-state index contributed by atoms with van der Waals surface area (Å²) < 4.78 is 13.3. The number of halogens is 1. The number of likely N-dealkylation sites (tertiary alicyclic amines) is 1. The minimum absolute atomic E-state index is 0.207. The van der Waals surface area contributed by atoms with Gasteiger partial charge in [0.25, 0.3) is 0 Å². The van der Waals surface area contributed by atoms with E-state index in [1.807, 2.05) is 0 Å². The number of carboxylic acids is 1. The first-order chi connectivity index (χ1) is 8.61. The molecule has 2 rings (SSSR count). The van der Waals surface area contributed by atoms with Crippen LogP contribution in [0.2, 0.25) is 0 Å². The van der Waals surface area contributed by atoms with E-state index in [1.54, 1.807) is 0 Å². The fourth-order valence-electron chi connectivity index (χ4n) is 2.69. The number of nitrogens with zero attached hydrogens (tertiary/aromatic N) is 1. The predicted octanol–water partition coefficient (Wildman–Crippen LogP) is 2.90. The maximum atomic E-state index is 13.3. The maximum absolute atomic E-state index is 13.3. The number of hydrogen-bond donors (Lipinski definition) is 1. The molecular weight excluding hydrogens is 233 g/mol. The lowest BCUT2D eigenvalue weighted by Gasteiger charge is -2.24. The lowest BCUT2D eigenvalue weighted by molar-refractivity contribution is 0.0694. The summed E-state index contributed by atoms with van der Waals surface area (Å²) in [4.78, 5) is 13.4. The Morgan fingerprint density at radius 3 is 3.00 bits per heavy atom. The van der Waals surface area contributed by atoms with Crippen LogP contribution in [0.1, 0.15) is 42.1 Å². The van der Waals surface area contributed by atoms with E-state index in [4.69, 9.17) is 5.11 Å². The summed E-state index contributed by atoms with van der Waals surface area (Å²) in [6.45, 7) is 3.62. The van der Waals surface area contributed by atoms with E-state index in [9.17, 15) is 9.18 Å². The lowest BCUT2D eigenvalue weighted by atomic mass is 10.1. The molecule has 0 amide bonds. The third kappa shape index (κ3) is 2.70. The van der Waals surface area contributed by atoms with Crippen LogP contribution >= 0.6 is 0 Å². The molecule has 3 nitrogen and oxygen atoms in total. The summed E-state index contributed by atoms with van der Waals surface area (Å²) in [5.41, 5.74) is 0.779. The van der Waals surface area contributed by atoms with Crippen LogP contribution in [0, 0.1) is 5.82 Å². The number of carboxylic acid groups (broad SMARTS) is 1. The molecule has 1 aliphatic heterocycles. The van der Waals surface area contributed by atoms with Crippen molar-refractivity contribution in [2.45, 2.75) is 38.8 Å². The van der Waals surface area contributed by atoms with Gasteiger partial charge in [-0.15, -0.1) is 0 Å². The van der Waals surface area contributed by atoms with Gasteiger partial charge in [-0.1, -0.05) is 6.92 Å². The highest BCUT2D eigenvalue weighted by Crippen LogP contribution is 2.24. The van der Waals surface area contributed by atoms with Gasteiger partial charge in [-0.25, -0.2) is 9.18 Å². The molecule has 1 fully saturated rings. The molecule has 18 heavy (non-hydrogen) atoms. The summed E-state index contributed by atoms with van der Waals surface area (Å²) in [5, 5.41) is 9.11. The molecule has 1 N–H and O–H groups in total. The van der Waals surface area contributed by atoms with Gasteiger partial charge in [-0.3, -0.25) is 4.90 Å². The fourth-order valence-corrected chi connectivity index (χ4v) is 2.69. The highest BCUT2D eigenvalue weighted by atomic mass is 19.1. The quantitative estimate of drug-likeness (QED) is 0.894. The minimum Gasteiger partial charge on any atom is -0.478 e. The van der Waals surface area contributed by atoms with E-state index >= 15 is 0 Å². The van der Waals surface area contributed by atoms with Gasteiger partial charge in [0.15, 0.2) is 0 Å². The highest BCUT2D eigenvalue weighted by Gasteiger charge is 2.24. The summed E-state index contributed by atoms with van der Waals surface area (Å²) in [6, 6.07) is 4.39.